The summed E-state index contributed by atoms with van der Waals surface area (Å²) in [5, 5.41) is 11.3. The highest BCUT2D eigenvalue weighted by Crippen LogP contribution is 2.51. The Hall–Kier alpha value is -2.94. The molecule has 4 rings (SSSR count). The second-order valence-corrected chi connectivity index (χ2v) is 8.76. The summed E-state index contributed by atoms with van der Waals surface area (Å²) < 4.78 is 41.3. The minimum absolute atomic E-state index is 0.284. The van der Waals surface area contributed by atoms with Crippen molar-refractivity contribution in [1.29, 1.82) is 0 Å². The lowest BCUT2D eigenvalue weighted by Gasteiger charge is -2.21. The summed E-state index contributed by atoms with van der Waals surface area (Å²) in [6.45, 7) is 3.22. The monoisotopic (exact) mass is 431 g/mol. The first kappa shape index (κ1) is 21.3. The predicted molar refractivity (Wildman–Crippen MR) is 109 cm³/mol. The molecule has 1 amide bonds. The van der Waals surface area contributed by atoms with Crippen LogP contribution in [0.5, 0.6) is 0 Å². The van der Waals surface area contributed by atoms with Crippen molar-refractivity contribution in [3.8, 4) is 0 Å². The maximum Gasteiger partial charge on any atom is 0.417 e. The van der Waals surface area contributed by atoms with E-state index in [1.165, 1.54) is 10.5 Å². The van der Waals surface area contributed by atoms with Gasteiger partial charge in [-0.05, 0) is 50.8 Å². The zero-order valence-electron chi connectivity index (χ0n) is 17.3. The number of nitrogens with two attached hydrogens (primary N) is 1. The minimum Gasteiger partial charge on any atom is -0.351 e. The quantitative estimate of drug-likeness (QED) is 0.628. The SMILES string of the molecule is CC(C)(N)C(=O)NC1CC1(CCc1ccccc1)c1nnc2ccc(C(F)(F)F)cn12. The van der Waals surface area contributed by atoms with E-state index in [0.29, 0.717) is 30.7 Å². The fourth-order valence-corrected chi connectivity index (χ4v) is 3.88. The van der Waals surface area contributed by atoms with Crippen molar-refractivity contribution in [3.63, 3.8) is 0 Å². The first-order valence-corrected chi connectivity index (χ1v) is 10.1. The molecule has 1 fully saturated rings. The van der Waals surface area contributed by atoms with Crippen LogP contribution in [0.2, 0.25) is 0 Å². The average molecular weight is 431 g/mol. The van der Waals surface area contributed by atoms with Crippen LogP contribution in [-0.4, -0.2) is 32.1 Å². The van der Waals surface area contributed by atoms with Crippen LogP contribution in [0.1, 0.15) is 43.6 Å². The zero-order chi connectivity index (χ0) is 22.4. The molecular weight excluding hydrogens is 407 g/mol. The highest BCUT2D eigenvalue weighted by Gasteiger charge is 2.59. The van der Waals surface area contributed by atoms with Crippen LogP contribution in [0.25, 0.3) is 5.65 Å². The van der Waals surface area contributed by atoms with Gasteiger partial charge in [-0.15, -0.1) is 10.2 Å². The third-order valence-electron chi connectivity index (χ3n) is 5.84. The van der Waals surface area contributed by atoms with Crippen molar-refractivity contribution in [3.05, 3.63) is 65.6 Å². The molecule has 31 heavy (non-hydrogen) atoms. The molecule has 0 saturated heterocycles. The smallest absolute Gasteiger partial charge is 0.351 e. The number of carbonyl (C=O) groups is 1. The van der Waals surface area contributed by atoms with E-state index in [1.807, 2.05) is 30.3 Å². The Morgan fingerprint density at radius 3 is 2.55 bits per heavy atom. The van der Waals surface area contributed by atoms with E-state index >= 15 is 0 Å². The minimum atomic E-state index is -4.48. The second kappa shape index (κ2) is 7.33. The van der Waals surface area contributed by atoms with Gasteiger partial charge in [0.25, 0.3) is 0 Å². The van der Waals surface area contributed by atoms with Gasteiger partial charge in [-0.25, -0.2) is 0 Å². The van der Waals surface area contributed by atoms with Gasteiger partial charge in [-0.1, -0.05) is 30.3 Å². The molecule has 1 aliphatic carbocycles. The number of hydrogen-bond donors (Lipinski definition) is 2. The van der Waals surface area contributed by atoms with Crippen LogP contribution in [-0.2, 0) is 22.8 Å². The Morgan fingerprint density at radius 2 is 1.90 bits per heavy atom. The lowest BCUT2D eigenvalue weighted by Crippen LogP contribution is -2.50. The van der Waals surface area contributed by atoms with E-state index in [2.05, 4.69) is 15.5 Å². The van der Waals surface area contributed by atoms with Crippen LogP contribution in [0, 0.1) is 0 Å². The molecule has 2 unspecified atom stereocenters. The number of carbonyl (C=O) groups excluding carboxylic acids is 1. The van der Waals surface area contributed by atoms with E-state index in [0.717, 1.165) is 17.8 Å². The first-order chi connectivity index (χ1) is 14.5. The number of halogens is 3. The summed E-state index contributed by atoms with van der Waals surface area (Å²) in [5.74, 6) is 0.105. The molecule has 0 spiro atoms. The number of nitrogens with zero attached hydrogens (tertiary/aromatic N) is 3. The second-order valence-electron chi connectivity index (χ2n) is 8.76. The van der Waals surface area contributed by atoms with Gasteiger partial charge in [-0.3, -0.25) is 9.20 Å². The predicted octanol–water partition coefficient (Wildman–Crippen LogP) is 3.24. The number of fused-ring (bicyclic) bond motifs is 1. The topological polar surface area (TPSA) is 85.3 Å². The molecule has 0 aliphatic heterocycles. The maximum atomic E-state index is 13.3. The third kappa shape index (κ3) is 4.14. The van der Waals surface area contributed by atoms with Crippen molar-refractivity contribution < 1.29 is 18.0 Å². The lowest BCUT2D eigenvalue weighted by molar-refractivity contribution is -0.137. The summed E-state index contributed by atoms with van der Waals surface area (Å²) in [6, 6.07) is 11.8. The highest BCUT2D eigenvalue weighted by molar-refractivity contribution is 5.85. The number of aromatic nitrogens is 3. The van der Waals surface area contributed by atoms with E-state index < -0.39 is 22.7 Å². The van der Waals surface area contributed by atoms with E-state index in [-0.39, 0.29) is 11.9 Å². The van der Waals surface area contributed by atoms with Gasteiger partial charge in [0.05, 0.1) is 16.5 Å². The van der Waals surface area contributed by atoms with Crippen LogP contribution < -0.4 is 11.1 Å². The number of amides is 1. The van der Waals surface area contributed by atoms with Crippen LogP contribution in [0.15, 0.2) is 48.7 Å². The Bertz CT molecular complexity index is 1100. The molecule has 0 bridgehead atoms. The molecule has 3 N–H and O–H groups in total. The van der Waals surface area contributed by atoms with Crippen LogP contribution in [0.4, 0.5) is 13.2 Å². The van der Waals surface area contributed by atoms with Crippen molar-refractivity contribution in [2.24, 2.45) is 5.73 Å². The first-order valence-electron chi connectivity index (χ1n) is 10.1. The molecule has 1 aromatic carbocycles. The Labute approximate surface area is 177 Å². The average Bonchev–Trinajstić information content (AvgIpc) is 3.21. The molecule has 6 nitrogen and oxygen atoms in total. The summed E-state index contributed by atoms with van der Waals surface area (Å²) in [7, 11) is 0. The Kier molecular flexibility index (Phi) is 5.04. The van der Waals surface area contributed by atoms with E-state index in [4.69, 9.17) is 5.73 Å². The number of rotatable bonds is 6. The molecule has 3 aromatic rings. The van der Waals surface area contributed by atoms with Crippen molar-refractivity contribution in [2.45, 2.75) is 56.3 Å². The van der Waals surface area contributed by atoms with Gasteiger partial charge in [0, 0.05) is 12.2 Å². The van der Waals surface area contributed by atoms with E-state index in [1.54, 1.807) is 13.8 Å². The number of aryl methyl sites for hydroxylation is 1. The number of alkyl halides is 3. The van der Waals surface area contributed by atoms with Gasteiger partial charge in [0.2, 0.25) is 5.91 Å². The van der Waals surface area contributed by atoms with Crippen LogP contribution >= 0.6 is 0 Å². The third-order valence-corrected chi connectivity index (χ3v) is 5.84. The molecule has 1 aliphatic rings. The van der Waals surface area contributed by atoms with Gasteiger partial charge in [0.1, 0.15) is 5.82 Å². The molecule has 0 radical (unpaired) electrons. The number of nitrogens with one attached hydrogen (secondary N) is 1. The fourth-order valence-electron chi connectivity index (χ4n) is 3.88. The summed E-state index contributed by atoms with van der Waals surface area (Å²) in [5.41, 5.74) is 4.88. The largest absolute Gasteiger partial charge is 0.417 e. The highest BCUT2D eigenvalue weighted by atomic mass is 19.4. The molecule has 1 saturated carbocycles. The van der Waals surface area contributed by atoms with Crippen molar-refractivity contribution >= 4 is 11.6 Å². The molecular formula is C22H24F3N5O. The lowest BCUT2D eigenvalue weighted by atomic mass is 9.94. The van der Waals surface area contributed by atoms with Gasteiger partial charge in [0.15, 0.2) is 5.65 Å². The number of pyridine rings is 1. The molecule has 2 heterocycles. The van der Waals surface area contributed by atoms with Gasteiger partial charge < -0.3 is 11.1 Å². The molecule has 2 aromatic heterocycles. The van der Waals surface area contributed by atoms with Gasteiger partial charge in [-0.2, -0.15) is 13.2 Å². The summed E-state index contributed by atoms with van der Waals surface area (Å²) in [6.07, 6.45) is -1.61. The summed E-state index contributed by atoms with van der Waals surface area (Å²) in [4.78, 5) is 12.5. The molecule has 164 valence electrons. The zero-order valence-corrected chi connectivity index (χ0v) is 17.3. The van der Waals surface area contributed by atoms with E-state index in [9.17, 15) is 18.0 Å². The van der Waals surface area contributed by atoms with Gasteiger partial charge >= 0.3 is 6.18 Å². The number of benzene rings is 1. The van der Waals surface area contributed by atoms with Crippen LogP contribution in [0.3, 0.4) is 0 Å². The molecule has 2 atom stereocenters. The number of hydrogen-bond acceptors (Lipinski definition) is 4. The standard InChI is InChI=1S/C22H24F3N5O/c1-20(2,26)19(31)27-16-12-21(16,11-10-14-6-4-3-5-7-14)18-29-28-17-9-8-15(13-30(17)18)22(23,24)25/h3-9,13,16H,10-12,26H2,1-2H3,(H,27,31). The maximum absolute atomic E-state index is 13.3. The Morgan fingerprint density at radius 1 is 1.19 bits per heavy atom. The van der Waals surface area contributed by atoms with Crippen molar-refractivity contribution in [2.75, 3.05) is 0 Å². The van der Waals surface area contributed by atoms with Crippen molar-refractivity contribution in [1.82, 2.24) is 19.9 Å². The Balaban J connectivity index is 1.70. The molecule has 9 heteroatoms. The fraction of sp³-hybridized carbons (Fsp3) is 0.409. The normalized spacial score (nSPS) is 21.3. The summed E-state index contributed by atoms with van der Waals surface area (Å²) >= 11 is 0.